The molecule has 0 spiro atoms. The average Bonchev–Trinajstić information content (AvgIpc) is 2.49. The Kier molecular flexibility index (Phi) is 5.84. The van der Waals surface area contributed by atoms with Crippen LogP contribution in [0.3, 0.4) is 0 Å². The fourth-order valence-electron chi connectivity index (χ4n) is 2.84. The Balaban J connectivity index is 0.00000192. The number of halogens is 2. The van der Waals surface area contributed by atoms with Crippen molar-refractivity contribution in [1.29, 1.82) is 0 Å². The fraction of sp³-hybridized carbons (Fsp3) is 0.375. The van der Waals surface area contributed by atoms with Gasteiger partial charge in [0, 0.05) is 34.0 Å². The van der Waals surface area contributed by atoms with E-state index in [9.17, 15) is 9.59 Å². The highest BCUT2D eigenvalue weighted by Gasteiger charge is 2.24. The molecule has 1 aliphatic rings. The third-order valence-electron chi connectivity index (χ3n) is 4.19. The van der Waals surface area contributed by atoms with Crippen LogP contribution >= 0.6 is 28.3 Å². The second-order valence-corrected chi connectivity index (χ2v) is 6.70. The molecule has 2 atom stereocenters. The van der Waals surface area contributed by atoms with Crippen molar-refractivity contribution < 1.29 is 4.79 Å². The summed E-state index contributed by atoms with van der Waals surface area (Å²) in [6, 6.07) is 6.94. The van der Waals surface area contributed by atoms with Crippen LogP contribution in [0.5, 0.6) is 0 Å². The molecule has 0 saturated carbocycles. The van der Waals surface area contributed by atoms with E-state index in [0.29, 0.717) is 17.0 Å². The van der Waals surface area contributed by atoms with Gasteiger partial charge in [0.2, 0.25) is 5.56 Å². The van der Waals surface area contributed by atoms with Crippen LogP contribution in [0, 0.1) is 5.92 Å². The summed E-state index contributed by atoms with van der Waals surface area (Å²) in [6.45, 7) is 3.88. The lowest BCUT2D eigenvalue weighted by Crippen LogP contribution is -2.50. The van der Waals surface area contributed by atoms with E-state index in [2.05, 4.69) is 38.5 Å². The molecule has 3 N–H and O–H groups in total. The first kappa shape index (κ1) is 18.0. The summed E-state index contributed by atoms with van der Waals surface area (Å²) in [6.07, 6.45) is 1.03. The Hall–Kier alpha value is -1.37. The van der Waals surface area contributed by atoms with Crippen LogP contribution in [0.25, 0.3) is 10.9 Å². The predicted molar refractivity (Wildman–Crippen MR) is 97.4 cm³/mol. The fourth-order valence-corrected chi connectivity index (χ4v) is 3.20. The van der Waals surface area contributed by atoms with Gasteiger partial charge in [0.25, 0.3) is 5.91 Å². The molecule has 0 aliphatic carbocycles. The van der Waals surface area contributed by atoms with E-state index in [1.54, 1.807) is 6.07 Å². The molecule has 7 heteroatoms. The van der Waals surface area contributed by atoms with Crippen molar-refractivity contribution in [3.05, 3.63) is 44.7 Å². The molecule has 23 heavy (non-hydrogen) atoms. The number of piperidine rings is 1. The number of H-pyrrole nitrogens is 1. The number of rotatable bonds is 2. The molecule has 2 unspecified atom stereocenters. The van der Waals surface area contributed by atoms with Gasteiger partial charge in [-0.05, 0) is 37.1 Å². The van der Waals surface area contributed by atoms with Gasteiger partial charge in [-0.2, -0.15) is 0 Å². The van der Waals surface area contributed by atoms with Crippen molar-refractivity contribution >= 4 is 45.1 Å². The molecule has 0 bridgehead atoms. The number of carbonyl (C=O) groups is 1. The molecule has 1 saturated heterocycles. The van der Waals surface area contributed by atoms with Gasteiger partial charge in [-0.15, -0.1) is 12.4 Å². The van der Waals surface area contributed by atoms with E-state index in [-0.39, 0.29) is 29.9 Å². The van der Waals surface area contributed by atoms with E-state index < -0.39 is 0 Å². The topological polar surface area (TPSA) is 74.0 Å². The standard InChI is InChI=1S/C16H18BrN3O2.ClH/c1-9-4-5-18-8-14(9)20-16(22)12-7-15(21)19-13-3-2-10(17)6-11(12)13;/h2-3,6-7,9,14,18H,4-5,8H2,1H3,(H,19,21)(H,20,22);1H. The number of pyridine rings is 1. The number of aromatic nitrogens is 1. The first-order valence-corrected chi connectivity index (χ1v) is 8.18. The number of amides is 1. The minimum atomic E-state index is -0.269. The summed E-state index contributed by atoms with van der Waals surface area (Å²) < 4.78 is 0.869. The summed E-state index contributed by atoms with van der Waals surface area (Å²) in [5, 5.41) is 7.08. The minimum absolute atomic E-state index is 0. The van der Waals surface area contributed by atoms with Crippen LogP contribution in [-0.2, 0) is 0 Å². The highest BCUT2D eigenvalue weighted by atomic mass is 79.9. The highest BCUT2D eigenvalue weighted by molar-refractivity contribution is 9.10. The number of benzene rings is 1. The Morgan fingerprint density at radius 1 is 1.35 bits per heavy atom. The Morgan fingerprint density at radius 3 is 2.87 bits per heavy atom. The monoisotopic (exact) mass is 399 g/mol. The molecule has 0 radical (unpaired) electrons. The number of fused-ring (bicyclic) bond motifs is 1. The Labute approximate surface area is 148 Å². The van der Waals surface area contributed by atoms with Gasteiger partial charge in [0.1, 0.15) is 0 Å². The zero-order valence-electron chi connectivity index (χ0n) is 12.7. The van der Waals surface area contributed by atoms with Gasteiger partial charge in [-0.1, -0.05) is 22.9 Å². The molecule has 1 aromatic carbocycles. The number of nitrogens with one attached hydrogen (secondary N) is 3. The predicted octanol–water partition coefficient (Wildman–Crippen LogP) is 2.44. The maximum absolute atomic E-state index is 12.6. The first-order valence-electron chi connectivity index (χ1n) is 7.39. The second kappa shape index (κ2) is 7.47. The van der Waals surface area contributed by atoms with Gasteiger partial charge in [-0.3, -0.25) is 9.59 Å². The quantitative estimate of drug-likeness (QED) is 0.725. The summed E-state index contributed by atoms with van der Waals surface area (Å²) in [5.41, 5.74) is 0.809. The normalized spacial score (nSPS) is 20.8. The maximum atomic E-state index is 12.6. The molecule has 2 aromatic rings. The van der Waals surface area contributed by atoms with Gasteiger partial charge in [0.05, 0.1) is 5.56 Å². The van der Waals surface area contributed by atoms with E-state index in [4.69, 9.17) is 0 Å². The molecule has 1 aromatic heterocycles. The maximum Gasteiger partial charge on any atom is 0.252 e. The van der Waals surface area contributed by atoms with E-state index in [1.165, 1.54) is 6.07 Å². The molecule has 1 aliphatic heterocycles. The molecule has 1 fully saturated rings. The molecule has 2 heterocycles. The summed E-state index contributed by atoms with van der Waals surface area (Å²) >= 11 is 3.41. The minimum Gasteiger partial charge on any atom is -0.348 e. The van der Waals surface area contributed by atoms with Crippen molar-refractivity contribution in [2.45, 2.75) is 19.4 Å². The van der Waals surface area contributed by atoms with Crippen LogP contribution in [0.2, 0.25) is 0 Å². The van der Waals surface area contributed by atoms with Crippen molar-refractivity contribution in [3.63, 3.8) is 0 Å². The van der Waals surface area contributed by atoms with Crippen molar-refractivity contribution in [1.82, 2.24) is 15.6 Å². The molecule has 3 rings (SSSR count). The van der Waals surface area contributed by atoms with E-state index in [0.717, 1.165) is 29.4 Å². The van der Waals surface area contributed by atoms with Gasteiger partial charge >= 0.3 is 0 Å². The first-order chi connectivity index (χ1) is 10.5. The van der Waals surface area contributed by atoms with E-state index >= 15 is 0 Å². The van der Waals surface area contributed by atoms with E-state index in [1.807, 2.05) is 12.1 Å². The SMILES string of the molecule is CC1CCNCC1NC(=O)c1cc(=O)[nH]c2ccc(Br)cc12.Cl. The smallest absolute Gasteiger partial charge is 0.252 e. The second-order valence-electron chi connectivity index (χ2n) is 5.79. The lowest BCUT2D eigenvalue weighted by Gasteiger charge is -2.30. The Morgan fingerprint density at radius 2 is 2.13 bits per heavy atom. The van der Waals surface area contributed by atoms with Crippen LogP contribution in [0.1, 0.15) is 23.7 Å². The average molecular weight is 401 g/mol. The third kappa shape index (κ3) is 3.94. The number of aromatic amines is 1. The molecule has 5 nitrogen and oxygen atoms in total. The zero-order chi connectivity index (χ0) is 15.7. The number of carbonyl (C=O) groups excluding carboxylic acids is 1. The van der Waals surface area contributed by atoms with Crippen LogP contribution < -0.4 is 16.2 Å². The van der Waals surface area contributed by atoms with Crippen LogP contribution in [0.4, 0.5) is 0 Å². The summed E-state index contributed by atoms with van der Waals surface area (Å²) in [7, 11) is 0. The number of hydrogen-bond donors (Lipinski definition) is 3. The van der Waals surface area contributed by atoms with Crippen molar-refractivity contribution in [3.8, 4) is 0 Å². The van der Waals surface area contributed by atoms with Crippen LogP contribution in [-0.4, -0.2) is 30.0 Å². The lowest BCUT2D eigenvalue weighted by molar-refractivity contribution is 0.0917. The third-order valence-corrected chi connectivity index (χ3v) is 4.69. The van der Waals surface area contributed by atoms with Crippen LogP contribution in [0.15, 0.2) is 33.5 Å². The summed E-state index contributed by atoms with van der Waals surface area (Å²) in [5.74, 6) is 0.222. The van der Waals surface area contributed by atoms with Crippen molar-refractivity contribution in [2.75, 3.05) is 13.1 Å². The molecular weight excluding hydrogens is 382 g/mol. The van der Waals surface area contributed by atoms with Crippen molar-refractivity contribution in [2.24, 2.45) is 5.92 Å². The zero-order valence-corrected chi connectivity index (χ0v) is 15.1. The molecule has 124 valence electrons. The molecular formula is C16H19BrClN3O2. The molecule has 1 amide bonds. The highest BCUT2D eigenvalue weighted by Crippen LogP contribution is 2.21. The number of hydrogen-bond acceptors (Lipinski definition) is 3. The Bertz CT molecular complexity index is 777. The van der Waals surface area contributed by atoms with Gasteiger partial charge in [0.15, 0.2) is 0 Å². The van der Waals surface area contributed by atoms with Gasteiger partial charge < -0.3 is 15.6 Å². The largest absolute Gasteiger partial charge is 0.348 e. The van der Waals surface area contributed by atoms with Gasteiger partial charge in [-0.25, -0.2) is 0 Å². The summed E-state index contributed by atoms with van der Waals surface area (Å²) in [4.78, 5) is 27.2. The lowest BCUT2D eigenvalue weighted by atomic mass is 9.94.